The Morgan fingerprint density at radius 1 is 0.667 bits per heavy atom. The van der Waals surface area contributed by atoms with Gasteiger partial charge in [0.25, 0.3) is 0 Å². The highest BCUT2D eigenvalue weighted by Gasteiger charge is 2.32. The smallest absolute Gasteiger partial charge is 0.469 e. The lowest BCUT2D eigenvalue weighted by Gasteiger charge is -2.25. The van der Waals surface area contributed by atoms with Crippen LogP contribution < -0.4 is 33.2 Å². The van der Waals surface area contributed by atoms with E-state index in [1.807, 2.05) is 5.32 Å². The van der Waals surface area contributed by atoms with Crippen molar-refractivity contribution in [3.63, 3.8) is 0 Å². The van der Waals surface area contributed by atoms with E-state index in [-0.39, 0.29) is 19.4 Å². The molecular formula is C18H38N6O13P2. The number of hydrogen-bond acceptors (Lipinski definition) is 11. The number of phosphoric acid groups is 2. The molecule has 0 aliphatic carbocycles. The summed E-state index contributed by atoms with van der Waals surface area (Å²) < 4.78 is 30.4. The summed E-state index contributed by atoms with van der Waals surface area (Å²) in [4.78, 5) is 85.1. The summed E-state index contributed by atoms with van der Waals surface area (Å²) in [6, 6.07) is -6.22. The van der Waals surface area contributed by atoms with E-state index in [0.29, 0.717) is 32.2 Å². The van der Waals surface area contributed by atoms with Crippen LogP contribution in [0.15, 0.2) is 0 Å². The van der Waals surface area contributed by atoms with Gasteiger partial charge >= 0.3 is 21.6 Å². The second-order valence-electron chi connectivity index (χ2n) is 8.27. The van der Waals surface area contributed by atoms with Crippen molar-refractivity contribution in [2.75, 3.05) is 26.3 Å². The first-order valence-corrected chi connectivity index (χ1v) is 14.8. The van der Waals surface area contributed by atoms with Crippen molar-refractivity contribution in [2.45, 2.75) is 62.7 Å². The number of carboxylic acid groups (broad SMARTS) is 1. The molecule has 0 saturated carbocycles. The first kappa shape index (κ1) is 37.0. The zero-order chi connectivity index (χ0) is 30.2. The van der Waals surface area contributed by atoms with Gasteiger partial charge in [0.1, 0.15) is 24.2 Å². The number of nitrogens with one attached hydrogen (secondary N) is 3. The second kappa shape index (κ2) is 18.4. The minimum atomic E-state index is -5.14. The molecule has 0 rings (SSSR count). The summed E-state index contributed by atoms with van der Waals surface area (Å²) in [5.74, 6) is -4.58. The van der Waals surface area contributed by atoms with E-state index in [1.54, 1.807) is 0 Å². The van der Waals surface area contributed by atoms with Crippen LogP contribution in [0.3, 0.4) is 0 Å². The summed E-state index contributed by atoms with van der Waals surface area (Å²) in [5, 5.41) is 16.0. The van der Waals surface area contributed by atoms with Gasteiger partial charge in [-0.05, 0) is 51.6 Å². The molecule has 0 aromatic carbocycles. The number of phosphoric ester groups is 2. The fraction of sp³-hybridized carbons (Fsp3) is 0.778. The van der Waals surface area contributed by atoms with Gasteiger partial charge < -0.3 is 57.8 Å². The predicted octanol–water partition coefficient (Wildman–Crippen LogP) is -3.67. The van der Waals surface area contributed by atoms with Crippen molar-refractivity contribution in [2.24, 2.45) is 17.2 Å². The lowest BCUT2D eigenvalue weighted by molar-refractivity contribution is -0.142. The largest absolute Gasteiger partial charge is 0.480 e. The van der Waals surface area contributed by atoms with Gasteiger partial charge in [-0.2, -0.15) is 0 Å². The van der Waals surface area contributed by atoms with Crippen LogP contribution in [-0.2, 0) is 37.4 Å². The van der Waals surface area contributed by atoms with Crippen LogP contribution in [0.2, 0.25) is 0 Å². The Morgan fingerprint density at radius 2 is 1.08 bits per heavy atom. The summed E-state index contributed by atoms with van der Waals surface area (Å²) >= 11 is 0. The molecule has 0 heterocycles. The molecule has 0 aromatic rings. The fourth-order valence-corrected chi connectivity index (χ4v) is 3.64. The Bertz CT molecular complexity index is 899. The fourth-order valence-electron chi connectivity index (χ4n) is 2.94. The van der Waals surface area contributed by atoms with Crippen LogP contribution >= 0.6 is 15.6 Å². The highest BCUT2D eigenvalue weighted by molar-refractivity contribution is 7.46. The maximum atomic E-state index is 12.9. The van der Waals surface area contributed by atoms with Crippen molar-refractivity contribution in [1.29, 1.82) is 0 Å². The number of amides is 3. The number of rotatable bonds is 21. The molecule has 0 aromatic heterocycles. The van der Waals surface area contributed by atoms with Crippen molar-refractivity contribution in [3.05, 3.63) is 0 Å². The van der Waals surface area contributed by atoms with Crippen molar-refractivity contribution < 1.29 is 62.0 Å². The molecule has 0 spiro atoms. The molecule has 39 heavy (non-hydrogen) atoms. The highest BCUT2D eigenvalue weighted by atomic mass is 31.2. The molecule has 0 unspecified atom stereocenters. The number of aliphatic carboxylic acids is 1. The Morgan fingerprint density at radius 3 is 1.54 bits per heavy atom. The molecular weight excluding hydrogens is 570 g/mol. The molecule has 19 nitrogen and oxygen atoms in total. The van der Waals surface area contributed by atoms with E-state index in [0.717, 1.165) is 0 Å². The van der Waals surface area contributed by atoms with Crippen LogP contribution in [0.5, 0.6) is 0 Å². The quantitative estimate of drug-likeness (QED) is 0.0441. The average Bonchev–Trinajstić information content (AvgIpc) is 2.82. The second-order valence-corrected chi connectivity index (χ2v) is 10.7. The van der Waals surface area contributed by atoms with Gasteiger partial charge in [0.2, 0.25) is 17.7 Å². The van der Waals surface area contributed by atoms with Crippen molar-refractivity contribution >= 4 is 39.3 Å². The minimum absolute atomic E-state index is 0.0143. The van der Waals surface area contributed by atoms with E-state index in [2.05, 4.69) is 19.7 Å². The van der Waals surface area contributed by atoms with E-state index in [4.69, 9.17) is 36.8 Å². The van der Waals surface area contributed by atoms with Gasteiger partial charge in [-0.1, -0.05) is 0 Å². The molecule has 0 aliphatic rings. The lowest BCUT2D eigenvalue weighted by Crippen LogP contribution is -2.58. The molecule has 0 saturated heterocycles. The maximum Gasteiger partial charge on any atom is 0.469 e. The Labute approximate surface area is 224 Å². The number of carbonyl (C=O) groups is 4. The molecule has 228 valence electrons. The van der Waals surface area contributed by atoms with Crippen LogP contribution in [-0.4, -0.2) is 98.8 Å². The zero-order valence-electron chi connectivity index (χ0n) is 21.0. The molecule has 0 radical (unpaired) electrons. The van der Waals surface area contributed by atoms with Crippen molar-refractivity contribution in [3.8, 4) is 0 Å². The summed E-state index contributed by atoms with van der Waals surface area (Å²) in [6.45, 7) is -1.50. The summed E-state index contributed by atoms with van der Waals surface area (Å²) in [6.07, 6.45) is 1.72. The third-order valence-electron chi connectivity index (χ3n) is 4.94. The number of unbranched alkanes of at least 4 members (excludes halogenated alkanes) is 2. The first-order chi connectivity index (χ1) is 18.0. The lowest BCUT2D eigenvalue weighted by atomic mass is 10.1. The average molecular weight is 608 g/mol. The van der Waals surface area contributed by atoms with Gasteiger partial charge in [0.05, 0.1) is 13.2 Å². The van der Waals surface area contributed by atoms with Crippen LogP contribution in [0.1, 0.15) is 38.5 Å². The Kier molecular flexibility index (Phi) is 17.4. The van der Waals surface area contributed by atoms with E-state index in [1.165, 1.54) is 0 Å². The summed E-state index contributed by atoms with van der Waals surface area (Å²) in [7, 11) is -10.1. The number of hydrogen-bond donors (Lipinski definition) is 11. The summed E-state index contributed by atoms with van der Waals surface area (Å²) in [5.41, 5.74) is 16.3. The predicted molar refractivity (Wildman–Crippen MR) is 133 cm³/mol. The monoisotopic (exact) mass is 608 g/mol. The third kappa shape index (κ3) is 18.0. The van der Waals surface area contributed by atoms with Gasteiger partial charge in [0.15, 0.2) is 0 Å². The Balaban J connectivity index is 5.68. The van der Waals surface area contributed by atoms with Crippen molar-refractivity contribution in [1.82, 2.24) is 16.0 Å². The molecule has 14 N–H and O–H groups in total. The standard InChI is InChI=1S/C18H38N6O13P2/c19-7-3-1-5-12(16(26)23-13(18(28)29)6-2-4-8-20)22-17(27)14(10-37-39(33,34)35)24-15(25)11(21)9-36-38(30,31)32/h11-14H,1-10,19-21H2,(H,22,27)(H,23,26)(H,24,25)(H,28,29)(H2,30,31,32)(H2,33,34,35)/t11-,12-,13-,14-/m0/s1. The zero-order valence-corrected chi connectivity index (χ0v) is 22.8. The third-order valence-corrected chi connectivity index (χ3v) is 5.91. The number of carboxylic acids is 1. The SMILES string of the molecule is NCCCC[C@H](NC(=O)[C@H](CCCCN)NC(=O)[C@H](COP(=O)(O)O)NC(=O)[C@@H](N)COP(=O)(O)O)C(=O)O. The normalized spacial score (nSPS) is 15.1. The van der Waals surface area contributed by atoms with Crippen LogP contribution in [0.25, 0.3) is 0 Å². The number of nitrogens with two attached hydrogens (primary N) is 3. The van der Waals surface area contributed by atoms with Crippen LogP contribution in [0.4, 0.5) is 0 Å². The van der Waals surface area contributed by atoms with Gasteiger partial charge in [-0.25, -0.2) is 13.9 Å². The van der Waals surface area contributed by atoms with Gasteiger partial charge in [0, 0.05) is 0 Å². The molecule has 21 heteroatoms. The topological polar surface area (TPSA) is 336 Å². The van der Waals surface area contributed by atoms with Crippen LogP contribution in [0, 0.1) is 0 Å². The maximum absolute atomic E-state index is 12.9. The highest BCUT2D eigenvalue weighted by Crippen LogP contribution is 2.36. The van der Waals surface area contributed by atoms with E-state index >= 15 is 0 Å². The molecule has 4 atom stereocenters. The molecule has 0 bridgehead atoms. The van der Waals surface area contributed by atoms with E-state index in [9.17, 15) is 33.4 Å². The molecule has 0 aliphatic heterocycles. The minimum Gasteiger partial charge on any atom is -0.480 e. The number of carbonyl (C=O) groups excluding carboxylic acids is 3. The van der Waals surface area contributed by atoms with Gasteiger partial charge in [-0.15, -0.1) is 0 Å². The van der Waals surface area contributed by atoms with Gasteiger partial charge in [-0.3, -0.25) is 23.4 Å². The molecule has 0 fully saturated rings. The van der Waals surface area contributed by atoms with E-state index < -0.39 is 76.7 Å². The molecule has 3 amide bonds. The first-order valence-electron chi connectivity index (χ1n) is 11.7. The Hall–Kier alpha value is -2.02.